The van der Waals surface area contributed by atoms with Gasteiger partial charge in [-0.15, -0.1) is 0 Å². The summed E-state index contributed by atoms with van der Waals surface area (Å²) in [4.78, 5) is 36.5. The van der Waals surface area contributed by atoms with Gasteiger partial charge in [0.15, 0.2) is 0 Å². The van der Waals surface area contributed by atoms with E-state index in [1.54, 1.807) is 0 Å². The second kappa shape index (κ2) is 42.7. The van der Waals surface area contributed by atoms with Gasteiger partial charge in [-0.2, -0.15) is 0 Å². The summed E-state index contributed by atoms with van der Waals surface area (Å²) >= 11 is 0. The van der Waals surface area contributed by atoms with Crippen molar-refractivity contribution in [1.82, 2.24) is 36.0 Å². The highest BCUT2D eigenvalue weighted by molar-refractivity contribution is 6.01. The molecule has 0 radical (unpaired) electrons. The molecule has 11 heteroatoms. The first kappa shape index (κ1) is 75.0. The van der Waals surface area contributed by atoms with Crippen LogP contribution >= 0.6 is 0 Å². The van der Waals surface area contributed by atoms with E-state index in [1.807, 2.05) is 85.7 Å². The summed E-state index contributed by atoms with van der Waals surface area (Å²) in [6, 6.07) is 21.6. The molecule has 7 aliphatic heterocycles. The number of likely N-dealkylation sites (tertiary alicyclic amines) is 2. The van der Waals surface area contributed by atoms with Gasteiger partial charge in [0, 0.05) is 93.9 Å². The summed E-state index contributed by atoms with van der Waals surface area (Å²) in [5.74, 6) is 5.15. The maximum absolute atomic E-state index is 12.4. The molecule has 2 aromatic rings. The van der Waals surface area contributed by atoms with Crippen LogP contribution in [0.15, 0.2) is 54.6 Å². The minimum absolute atomic E-state index is 0.199. The van der Waals surface area contributed by atoms with Gasteiger partial charge in [0.25, 0.3) is 0 Å². The fourth-order valence-corrected chi connectivity index (χ4v) is 12.1. The van der Waals surface area contributed by atoms with E-state index >= 15 is 0 Å². The molecular formula is C69H131N9O2. The number of hydrogen-bond acceptors (Lipinski definition) is 9. The van der Waals surface area contributed by atoms with Crippen LogP contribution in [0.3, 0.4) is 0 Å². The smallest absolute Gasteiger partial charge is 0.247 e. The SMILES string of the molecule is CC.CC.CC.CC.CC(C)C1CCCC1.CC(C)C1CCCN1.CC(C)C1CCNC1.CC(C)N1CCC(N2C(=O)Cc3ccccc32)CC1.CC(C)N1CCC2(CC1)C(=O)NCN2c1ccccc1.CC(C)N1CCNCC1. The van der Waals surface area contributed by atoms with Gasteiger partial charge in [-0.3, -0.25) is 14.5 Å². The Hall–Kier alpha value is -3.06. The van der Waals surface area contributed by atoms with E-state index in [-0.39, 0.29) is 17.4 Å². The van der Waals surface area contributed by atoms with Crippen molar-refractivity contribution < 1.29 is 9.59 Å². The highest BCUT2D eigenvalue weighted by atomic mass is 16.2. The Labute approximate surface area is 496 Å². The normalized spacial score (nSPS) is 21.8. The van der Waals surface area contributed by atoms with E-state index in [1.165, 1.54) is 83.2 Å². The molecule has 11 nitrogen and oxygen atoms in total. The summed E-state index contributed by atoms with van der Waals surface area (Å²) in [5, 5.41) is 13.2. The molecule has 0 aromatic heterocycles. The van der Waals surface area contributed by atoms with Gasteiger partial charge in [0.2, 0.25) is 11.8 Å². The van der Waals surface area contributed by atoms with Crippen molar-refractivity contribution in [2.24, 2.45) is 29.6 Å². The van der Waals surface area contributed by atoms with Crippen molar-refractivity contribution >= 4 is 23.2 Å². The molecular weight excluding hydrogens is 987 g/mol. The molecule has 7 fully saturated rings. The van der Waals surface area contributed by atoms with Gasteiger partial charge in [0.05, 0.1) is 13.1 Å². The van der Waals surface area contributed by atoms with Crippen LogP contribution in [-0.4, -0.2) is 141 Å². The Morgan fingerprint density at radius 2 is 1.01 bits per heavy atom. The number of nitrogens with one attached hydrogen (secondary N) is 4. The average molecular weight is 1120 g/mol. The number of rotatable bonds is 8. The number of nitrogens with zero attached hydrogens (tertiary/aromatic N) is 5. The van der Waals surface area contributed by atoms with Gasteiger partial charge >= 0.3 is 0 Å². The number of piperidine rings is 2. The van der Waals surface area contributed by atoms with Crippen molar-refractivity contribution in [3.05, 3.63) is 60.2 Å². The number of carbonyl (C=O) groups is 2. The van der Waals surface area contributed by atoms with E-state index in [0.29, 0.717) is 31.2 Å². The third-order valence-electron chi connectivity index (χ3n) is 17.4. The van der Waals surface area contributed by atoms with Gasteiger partial charge in [-0.1, -0.05) is 159 Å². The number of benzene rings is 2. The molecule has 464 valence electrons. The maximum atomic E-state index is 12.4. The lowest BCUT2D eigenvalue weighted by atomic mass is 9.85. The Morgan fingerprint density at radius 3 is 1.44 bits per heavy atom. The second-order valence-electron chi connectivity index (χ2n) is 24.1. The minimum atomic E-state index is -0.341. The Kier molecular flexibility index (Phi) is 40.0. The predicted molar refractivity (Wildman–Crippen MR) is 351 cm³/mol. The lowest BCUT2D eigenvalue weighted by Gasteiger charge is -2.44. The minimum Gasteiger partial charge on any atom is -0.339 e. The van der Waals surface area contributed by atoms with Crippen molar-refractivity contribution in [3.8, 4) is 0 Å². The molecule has 4 N–H and O–H groups in total. The number of piperazine rings is 1. The average Bonchev–Trinajstić information content (AvgIpc) is 4.37. The molecule has 2 unspecified atom stereocenters. The number of carbonyl (C=O) groups excluding carboxylic acids is 2. The van der Waals surface area contributed by atoms with Crippen molar-refractivity contribution in [1.29, 1.82) is 0 Å². The van der Waals surface area contributed by atoms with E-state index in [0.717, 1.165) is 118 Å². The van der Waals surface area contributed by atoms with Crippen LogP contribution in [0, 0.1) is 29.6 Å². The molecule has 2 amide bonds. The zero-order valence-electron chi connectivity index (χ0n) is 56.0. The van der Waals surface area contributed by atoms with Crippen LogP contribution in [-0.2, 0) is 16.0 Å². The van der Waals surface area contributed by atoms with Crippen LogP contribution in [0.1, 0.15) is 215 Å². The number of para-hydroxylation sites is 2. The Balaban J connectivity index is 0.000000489. The fraction of sp³-hybridized carbons (Fsp3) is 0.797. The van der Waals surface area contributed by atoms with Crippen LogP contribution in [0.5, 0.6) is 0 Å². The number of fused-ring (bicyclic) bond motifs is 1. The van der Waals surface area contributed by atoms with Crippen molar-refractivity contribution in [2.75, 3.05) is 88.5 Å². The number of amides is 2. The fourth-order valence-electron chi connectivity index (χ4n) is 12.1. The standard InChI is InChI=1S/C16H23N3O.C16H22N2O.C8H16.C7H16N2.2C7H15N.4C2H6/c1-13(2)18-10-8-16(9-11-18)15(20)17-12-19(16)14-6-4-3-5-7-14;1-12(2)17-9-7-14(8-10-17)18-15-6-4-3-5-13(15)11-16(18)19;1-7(2)8-5-3-4-6-8;1-7(2)9-5-3-8-4-6-9;1-6(2)7-3-4-8-5-7;1-6(2)7-4-3-5-8-7;4*1-2/h3-7,13H,8-12H2,1-2H3,(H,17,20);3-6,12,14H,7-11H2,1-2H3;7-8H,3-6H2,1-2H3;7-8H,3-6H2,1-2H3;2*6-8H,3-5H2,1-2H3;4*1-2H3. The van der Waals surface area contributed by atoms with E-state index in [2.05, 4.69) is 153 Å². The van der Waals surface area contributed by atoms with Crippen molar-refractivity contribution in [3.63, 3.8) is 0 Å². The quantitative estimate of drug-likeness (QED) is 0.206. The van der Waals surface area contributed by atoms with Crippen molar-refractivity contribution in [2.45, 2.75) is 251 Å². The molecule has 10 rings (SSSR count). The molecule has 80 heavy (non-hydrogen) atoms. The highest BCUT2D eigenvalue weighted by Crippen LogP contribution is 2.37. The second-order valence-corrected chi connectivity index (χ2v) is 24.1. The topological polar surface area (TPSA) is 98.5 Å². The summed E-state index contributed by atoms with van der Waals surface area (Å²) in [6.45, 7) is 56.6. The zero-order chi connectivity index (χ0) is 60.2. The summed E-state index contributed by atoms with van der Waals surface area (Å²) in [5.41, 5.74) is 3.14. The molecule has 1 saturated carbocycles. The van der Waals surface area contributed by atoms with Crippen LogP contribution in [0.25, 0.3) is 0 Å². The Bertz CT molecular complexity index is 1750. The zero-order valence-corrected chi connectivity index (χ0v) is 56.0. The molecule has 6 saturated heterocycles. The van der Waals surface area contributed by atoms with Crippen LogP contribution in [0.4, 0.5) is 11.4 Å². The molecule has 1 spiro atoms. The van der Waals surface area contributed by atoms with E-state index < -0.39 is 0 Å². The van der Waals surface area contributed by atoms with E-state index in [9.17, 15) is 9.59 Å². The van der Waals surface area contributed by atoms with Crippen LogP contribution < -0.4 is 31.1 Å². The summed E-state index contributed by atoms with van der Waals surface area (Å²) in [6.07, 6.45) is 14.7. The molecule has 2 aromatic carbocycles. The Morgan fingerprint density at radius 1 is 0.500 bits per heavy atom. The van der Waals surface area contributed by atoms with Crippen LogP contribution in [0.2, 0.25) is 0 Å². The van der Waals surface area contributed by atoms with Gasteiger partial charge in [-0.25, -0.2) is 0 Å². The summed E-state index contributed by atoms with van der Waals surface area (Å²) < 4.78 is 0. The molecule has 0 bridgehead atoms. The third-order valence-corrected chi connectivity index (χ3v) is 17.4. The maximum Gasteiger partial charge on any atom is 0.247 e. The number of anilines is 2. The number of hydrogen-bond donors (Lipinski definition) is 4. The van der Waals surface area contributed by atoms with E-state index in [4.69, 9.17) is 0 Å². The lowest BCUT2D eigenvalue weighted by molar-refractivity contribution is -0.125. The van der Waals surface area contributed by atoms with Gasteiger partial charge in [0.1, 0.15) is 5.54 Å². The molecule has 1 aliphatic carbocycles. The van der Waals surface area contributed by atoms with Gasteiger partial charge < -0.3 is 40.9 Å². The third kappa shape index (κ3) is 25.0. The monoisotopic (exact) mass is 1120 g/mol. The summed E-state index contributed by atoms with van der Waals surface area (Å²) in [7, 11) is 0. The molecule has 7 heterocycles. The first-order valence-corrected chi connectivity index (χ1v) is 33.4. The predicted octanol–water partition coefficient (Wildman–Crippen LogP) is 14.2. The highest BCUT2D eigenvalue weighted by Gasteiger charge is 2.50. The molecule has 2 atom stereocenters. The lowest BCUT2D eigenvalue weighted by Crippen LogP contribution is -2.57. The van der Waals surface area contributed by atoms with Gasteiger partial charge in [-0.05, 0) is 159 Å². The first-order chi connectivity index (χ1) is 38.5. The molecule has 8 aliphatic rings. The largest absolute Gasteiger partial charge is 0.339 e. The first-order valence-electron chi connectivity index (χ1n) is 33.4.